The zero-order chi connectivity index (χ0) is 18.8. The summed E-state index contributed by atoms with van der Waals surface area (Å²) < 4.78 is 7.32. The van der Waals surface area contributed by atoms with Crippen molar-refractivity contribution in [3.8, 4) is 0 Å². The maximum absolute atomic E-state index is 12.3. The lowest BCUT2D eigenvalue weighted by molar-refractivity contribution is 0.162. The summed E-state index contributed by atoms with van der Waals surface area (Å²) in [7, 11) is 0. The van der Waals surface area contributed by atoms with Gasteiger partial charge in [-0.15, -0.1) is 0 Å². The highest BCUT2D eigenvalue weighted by Crippen LogP contribution is 2.26. The quantitative estimate of drug-likeness (QED) is 0.809. The van der Waals surface area contributed by atoms with Crippen LogP contribution in [0.4, 0.5) is 0 Å². The van der Waals surface area contributed by atoms with E-state index in [-0.39, 0.29) is 11.5 Å². The number of fused-ring (bicyclic) bond motifs is 1. The van der Waals surface area contributed by atoms with E-state index >= 15 is 0 Å². The van der Waals surface area contributed by atoms with Crippen LogP contribution < -0.4 is 5.56 Å². The molecule has 4 rings (SSSR count). The first-order valence-corrected chi connectivity index (χ1v) is 10.3. The molecule has 146 valence electrons. The van der Waals surface area contributed by atoms with E-state index in [1.165, 1.54) is 18.4 Å². The van der Waals surface area contributed by atoms with Crippen LogP contribution in [-0.2, 0) is 25.9 Å². The van der Waals surface area contributed by atoms with Gasteiger partial charge in [-0.2, -0.15) is 0 Å². The molecule has 1 saturated heterocycles. The first-order chi connectivity index (χ1) is 13.1. The summed E-state index contributed by atoms with van der Waals surface area (Å²) in [5.41, 5.74) is 3.46. The van der Waals surface area contributed by atoms with Gasteiger partial charge in [-0.3, -0.25) is 14.3 Å². The van der Waals surface area contributed by atoms with Crippen molar-refractivity contribution < 1.29 is 4.52 Å². The predicted molar refractivity (Wildman–Crippen MR) is 104 cm³/mol. The van der Waals surface area contributed by atoms with E-state index in [2.05, 4.69) is 28.9 Å². The molecule has 0 N–H and O–H groups in total. The third-order valence-corrected chi connectivity index (χ3v) is 6.06. The van der Waals surface area contributed by atoms with Crippen LogP contribution in [0.3, 0.4) is 0 Å². The maximum atomic E-state index is 12.3. The molecule has 1 fully saturated rings. The van der Waals surface area contributed by atoms with Crippen LogP contribution >= 0.6 is 0 Å². The van der Waals surface area contributed by atoms with Crippen molar-refractivity contribution in [2.75, 3.05) is 13.1 Å². The van der Waals surface area contributed by atoms with E-state index in [1.807, 2.05) is 0 Å². The monoisotopic (exact) mass is 370 g/mol. The maximum Gasteiger partial charge on any atom is 0.253 e. The fraction of sp³-hybridized carbons (Fsp3) is 0.667. The van der Waals surface area contributed by atoms with E-state index in [4.69, 9.17) is 4.52 Å². The Labute approximate surface area is 160 Å². The minimum absolute atomic E-state index is 0.0744. The third kappa shape index (κ3) is 4.15. The van der Waals surface area contributed by atoms with E-state index in [1.54, 1.807) is 17.0 Å². The van der Waals surface area contributed by atoms with Gasteiger partial charge in [-0.1, -0.05) is 19.0 Å². The molecule has 0 radical (unpaired) electrons. The van der Waals surface area contributed by atoms with Crippen molar-refractivity contribution in [3.05, 3.63) is 45.5 Å². The largest absolute Gasteiger partial charge is 0.361 e. The second-order valence-corrected chi connectivity index (χ2v) is 8.42. The van der Waals surface area contributed by atoms with Gasteiger partial charge in [0.05, 0.1) is 12.0 Å². The van der Waals surface area contributed by atoms with Gasteiger partial charge >= 0.3 is 0 Å². The fourth-order valence-electron chi connectivity index (χ4n) is 4.28. The Morgan fingerprint density at radius 1 is 1.22 bits per heavy atom. The van der Waals surface area contributed by atoms with Crippen LogP contribution in [0.5, 0.6) is 0 Å². The molecule has 0 unspecified atom stereocenters. The van der Waals surface area contributed by atoms with Crippen molar-refractivity contribution >= 4 is 0 Å². The van der Waals surface area contributed by atoms with Crippen LogP contribution in [0.25, 0.3) is 0 Å². The molecule has 0 aromatic carbocycles. The molecule has 0 atom stereocenters. The van der Waals surface area contributed by atoms with Crippen LogP contribution in [0.1, 0.15) is 68.2 Å². The van der Waals surface area contributed by atoms with Crippen molar-refractivity contribution in [2.24, 2.45) is 5.92 Å². The molecule has 1 aliphatic heterocycles. The first-order valence-electron chi connectivity index (χ1n) is 10.3. The summed E-state index contributed by atoms with van der Waals surface area (Å²) in [5.74, 6) is 1.94. The molecule has 0 bridgehead atoms. The van der Waals surface area contributed by atoms with Gasteiger partial charge in [0.1, 0.15) is 11.5 Å². The Morgan fingerprint density at radius 2 is 2.00 bits per heavy atom. The zero-order valence-corrected chi connectivity index (χ0v) is 16.5. The molecule has 0 spiro atoms. The van der Waals surface area contributed by atoms with Gasteiger partial charge in [0.2, 0.25) is 0 Å². The van der Waals surface area contributed by atoms with Gasteiger partial charge in [0.25, 0.3) is 5.56 Å². The highest BCUT2D eigenvalue weighted by molar-refractivity contribution is 5.25. The normalized spacial score (nSPS) is 18.8. The van der Waals surface area contributed by atoms with E-state index < -0.39 is 0 Å². The standard InChI is InChI=1S/C21H30N4O2/c1-15(2)18-11-21(26)25(14-22-18)12-16-7-9-24(10-8-16)13-19-17-5-3-4-6-20(17)27-23-19/h11,14-16H,3-10,12-13H2,1-2H3. The van der Waals surface area contributed by atoms with Gasteiger partial charge in [0.15, 0.2) is 0 Å². The second-order valence-electron chi connectivity index (χ2n) is 8.42. The van der Waals surface area contributed by atoms with Gasteiger partial charge in [-0.25, -0.2) is 4.98 Å². The summed E-state index contributed by atoms with van der Waals surface area (Å²) in [4.78, 5) is 19.2. The van der Waals surface area contributed by atoms with Crippen molar-refractivity contribution in [3.63, 3.8) is 0 Å². The number of hydrogen-bond acceptors (Lipinski definition) is 5. The number of likely N-dealkylation sites (tertiary alicyclic amines) is 1. The number of hydrogen-bond donors (Lipinski definition) is 0. The lowest BCUT2D eigenvalue weighted by atomic mass is 9.94. The average molecular weight is 370 g/mol. The lowest BCUT2D eigenvalue weighted by Crippen LogP contribution is -2.36. The van der Waals surface area contributed by atoms with Crippen molar-refractivity contribution in [1.29, 1.82) is 0 Å². The van der Waals surface area contributed by atoms with Crippen LogP contribution in [0, 0.1) is 5.92 Å². The number of piperidine rings is 1. The summed E-state index contributed by atoms with van der Waals surface area (Å²) in [6.07, 6.45) is 8.58. The van der Waals surface area contributed by atoms with E-state index in [0.717, 1.165) is 69.0 Å². The topological polar surface area (TPSA) is 64.2 Å². The predicted octanol–water partition coefficient (Wildman–Crippen LogP) is 3.15. The number of rotatable bonds is 5. The molecule has 3 heterocycles. The third-order valence-electron chi connectivity index (χ3n) is 6.06. The van der Waals surface area contributed by atoms with Crippen molar-refractivity contribution in [1.82, 2.24) is 19.6 Å². The Morgan fingerprint density at radius 3 is 2.74 bits per heavy atom. The molecule has 2 aliphatic rings. The summed E-state index contributed by atoms with van der Waals surface area (Å²) in [6, 6.07) is 1.69. The summed E-state index contributed by atoms with van der Waals surface area (Å²) >= 11 is 0. The fourth-order valence-corrected chi connectivity index (χ4v) is 4.28. The van der Waals surface area contributed by atoms with E-state index in [0.29, 0.717) is 5.92 Å². The minimum Gasteiger partial charge on any atom is -0.361 e. The Bertz CT molecular complexity index is 831. The Hall–Kier alpha value is -1.95. The Kier molecular flexibility index (Phi) is 5.43. The smallest absolute Gasteiger partial charge is 0.253 e. The zero-order valence-electron chi connectivity index (χ0n) is 16.5. The molecule has 2 aromatic heterocycles. The molecule has 0 amide bonds. The minimum atomic E-state index is 0.0744. The highest BCUT2D eigenvalue weighted by atomic mass is 16.5. The lowest BCUT2D eigenvalue weighted by Gasteiger charge is -2.31. The molecule has 27 heavy (non-hydrogen) atoms. The summed E-state index contributed by atoms with van der Waals surface area (Å²) in [5, 5.41) is 4.34. The SMILES string of the molecule is CC(C)c1cc(=O)n(CC2CCN(Cc3noc4c3CCCC4)CC2)cn1. The molecular formula is C21H30N4O2. The van der Waals surface area contributed by atoms with Crippen LogP contribution in [0.2, 0.25) is 0 Å². The van der Waals surface area contributed by atoms with Crippen LogP contribution in [0.15, 0.2) is 21.7 Å². The molecule has 2 aromatic rings. The molecule has 1 aliphatic carbocycles. The first kappa shape index (κ1) is 18.4. The molecule has 6 heteroatoms. The number of aryl methyl sites for hydroxylation is 1. The van der Waals surface area contributed by atoms with Gasteiger partial charge < -0.3 is 4.52 Å². The molecule has 0 saturated carbocycles. The second kappa shape index (κ2) is 7.97. The Balaban J connectivity index is 1.32. The van der Waals surface area contributed by atoms with E-state index in [9.17, 15) is 4.79 Å². The van der Waals surface area contributed by atoms with Gasteiger partial charge in [0, 0.05) is 31.1 Å². The average Bonchev–Trinajstić information content (AvgIpc) is 3.08. The highest BCUT2D eigenvalue weighted by Gasteiger charge is 2.24. The van der Waals surface area contributed by atoms with Gasteiger partial charge in [-0.05, 0) is 57.0 Å². The van der Waals surface area contributed by atoms with Crippen LogP contribution in [-0.4, -0.2) is 32.7 Å². The molecular weight excluding hydrogens is 340 g/mol. The number of nitrogens with zero attached hydrogens (tertiary/aromatic N) is 4. The van der Waals surface area contributed by atoms with Crippen molar-refractivity contribution in [2.45, 2.75) is 71.4 Å². The summed E-state index contributed by atoms with van der Waals surface area (Å²) in [6.45, 7) is 7.91. The number of aromatic nitrogens is 3. The molecule has 6 nitrogen and oxygen atoms in total.